The van der Waals surface area contributed by atoms with Crippen LogP contribution in [0.5, 0.6) is 0 Å². The predicted octanol–water partition coefficient (Wildman–Crippen LogP) is 13.0. The fraction of sp³-hybridized carbons (Fsp3) is 0.600. The van der Waals surface area contributed by atoms with Gasteiger partial charge >= 0.3 is 32.7 Å². The number of hydrogen-bond acceptors (Lipinski definition) is 2. The summed E-state index contributed by atoms with van der Waals surface area (Å²) in [6.45, 7) is 41.1. The second-order valence-electron chi connectivity index (χ2n) is 16.2. The third-order valence-electron chi connectivity index (χ3n) is 5.61. The van der Waals surface area contributed by atoms with Crippen LogP contribution < -0.4 is 0 Å². The van der Waals surface area contributed by atoms with Crippen LogP contribution in [0, 0.1) is 0 Å². The van der Waals surface area contributed by atoms with Crippen molar-refractivity contribution in [3.8, 4) is 0 Å². The maximum absolute atomic E-state index is 4.96. The quantitative estimate of drug-likeness (QED) is 0.166. The van der Waals surface area contributed by atoms with Gasteiger partial charge in [0.05, 0.1) is 12.2 Å². The molecular formula is C35H66N5Si4Y. The van der Waals surface area contributed by atoms with Crippen molar-refractivity contribution in [2.75, 3.05) is 0 Å². The Morgan fingerprint density at radius 3 is 1.42 bits per heavy atom. The van der Waals surface area contributed by atoms with Crippen LogP contribution in [-0.2, 0) is 39.3 Å². The van der Waals surface area contributed by atoms with Gasteiger partial charge in [-0.15, -0.1) is 5.69 Å². The molecule has 0 fully saturated rings. The minimum atomic E-state index is -1.11. The molecule has 0 radical (unpaired) electrons. The summed E-state index contributed by atoms with van der Waals surface area (Å²) in [5.41, 5.74) is 6.62. The summed E-state index contributed by atoms with van der Waals surface area (Å²) >= 11 is 0. The van der Waals surface area contributed by atoms with E-state index in [4.69, 9.17) is 14.6 Å². The molecule has 0 amide bonds. The van der Waals surface area contributed by atoms with E-state index in [0.717, 1.165) is 22.8 Å². The maximum Gasteiger partial charge on any atom is 3.00 e. The minimum Gasteiger partial charge on any atom is -0.668 e. The molecule has 0 aliphatic carbocycles. The summed E-state index contributed by atoms with van der Waals surface area (Å²) < 4.78 is 9.64. The molecule has 1 heterocycles. The summed E-state index contributed by atoms with van der Waals surface area (Å²) in [7, 11) is -4.42. The summed E-state index contributed by atoms with van der Waals surface area (Å²) in [6, 6.07) is 12.4. The topological polar surface area (TPSA) is 67.6 Å². The van der Waals surface area contributed by atoms with Crippen LogP contribution in [0.15, 0.2) is 59.4 Å². The zero-order valence-corrected chi connectivity index (χ0v) is 39.1. The Balaban J connectivity index is 0. The average molecular weight is 758 g/mol. The molecule has 0 spiro atoms. The molecule has 250 valence electrons. The van der Waals surface area contributed by atoms with E-state index in [1.165, 1.54) is 11.1 Å². The number of allylic oxidation sites excluding steroid dienone is 2. The van der Waals surface area contributed by atoms with E-state index in [9.17, 15) is 0 Å². The van der Waals surface area contributed by atoms with Crippen LogP contribution in [0.2, 0.25) is 78.6 Å². The fourth-order valence-corrected chi connectivity index (χ4v) is 21.0. The predicted molar refractivity (Wildman–Crippen MR) is 213 cm³/mol. The van der Waals surface area contributed by atoms with Gasteiger partial charge in [0.25, 0.3) is 0 Å². The average Bonchev–Trinajstić information content (AvgIpc) is 2.79. The van der Waals surface area contributed by atoms with Crippen LogP contribution in [0.3, 0.4) is 0 Å². The number of aromatic nitrogens is 1. The van der Waals surface area contributed by atoms with Gasteiger partial charge in [0.2, 0.25) is 0 Å². The van der Waals surface area contributed by atoms with Gasteiger partial charge in [0.15, 0.2) is 0 Å². The molecule has 0 unspecified atom stereocenters. The van der Waals surface area contributed by atoms with Crippen molar-refractivity contribution in [2.24, 2.45) is 4.99 Å². The normalized spacial score (nSPS) is 13.0. The van der Waals surface area contributed by atoms with Gasteiger partial charge in [-0.05, 0) is 30.9 Å². The Bertz CT molecular complexity index is 1100. The molecule has 45 heavy (non-hydrogen) atoms. The number of para-hydroxylation sites is 1. The molecule has 0 aliphatic heterocycles. The third kappa shape index (κ3) is 25.2. The Morgan fingerprint density at radius 1 is 0.689 bits per heavy atom. The largest absolute Gasteiger partial charge is 3.00 e. The van der Waals surface area contributed by atoms with Crippen LogP contribution >= 0.6 is 0 Å². The van der Waals surface area contributed by atoms with Crippen molar-refractivity contribution in [1.82, 2.24) is 4.98 Å². The van der Waals surface area contributed by atoms with Crippen molar-refractivity contribution in [3.63, 3.8) is 0 Å². The van der Waals surface area contributed by atoms with Gasteiger partial charge in [0.1, 0.15) is 0 Å². The van der Waals surface area contributed by atoms with E-state index in [-0.39, 0.29) is 32.7 Å². The van der Waals surface area contributed by atoms with E-state index in [2.05, 4.69) is 134 Å². The molecule has 0 bridgehead atoms. The van der Waals surface area contributed by atoms with Gasteiger partial charge < -0.3 is 14.6 Å². The van der Waals surface area contributed by atoms with E-state index >= 15 is 0 Å². The maximum atomic E-state index is 4.96. The first-order chi connectivity index (χ1) is 19.8. The van der Waals surface area contributed by atoms with Crippen LogP contribution in [0.1, 0.15) is 70.2 Å². The van der Waals surface area contributed by atoms with Crippen molar-refractivity contribution in [3.05, 3.63) is 85.8 Å². The molecule has 0 saturated carbocycles. The van der Waals surface area contributed by atoms with Crippen molar-refractivity contribution in [1.29, 1.82) is 0 Å². The van der Waals surface area contributed by atoms with Crippen molar-refractivity contribution in [2.45, 2.75) is 138 Å². The van der Waals surface area contributed by atoms with Gasteiger partial charge in [0, 0.05) is 11.9 Å². The Hall–Kier alpha value is -0.529. The standard InChI is InChI=1S/C23H30N3.2C6H18NSi2.Y/c1-16(2)21-11-9-12-22(17(3)4)23(21)26-19(6)14-18(5)25-15-20-10-7-8-13-24-20;2*1-8(2,3)7-9(4,5)6;/h7-14,16-17H,15H2,1-6H3;2*1-6H3;/q3*-1;+3/b19-14-,25-18?;;;. The zero-order valence-electron chi connectivity index (χ0n) is 32.3. The van der Waals surface area contributed by atoms with E-state index in [0.29, 0.717) is 18.4 Å². The summed E-state index contributed by atoms with van der Waals surface area (Å²) in [4.78, 5) is 8.92. The fourth-order valence-electron chi connectivity index (χ4n) is 4.91. The van der Waals surface area contributed by atoms with E-state index in [1.54, 1.807) is 6.20 Å². The first-order valence-corrected chi connectivity index (χ1v) is 30.0. The van der Waals surface area contributed by atoms with E-state index < -0.39 is 32.9 Å². The number of aliphatic imine (C=N–C) groups is 1. The molecule has 0 aliphatic rings. The summed E-state index contributed by atoms with van der Waals surface area (Å²) in [5, 5.41) is 4.96. The van der Waals surface area contributed by atoms with Crippen LogP contribution in [0.4, 0.5) is 5.69 Å². The summed E-state index contributed by atoms with van der Waals surface area (Å²) in [6.07, 6.45) is 3.84. The molecule has 1 aromatic heterocycles. The van der Waals surface area contributed by atoms with Crippen molar-refractivity contribution >= 4 is 44.3 Å². The molecule has 0 N–H and O–H groups in total. The van der Waals surface area contributed by atoms with Gasteiger partial charge in [-0.2, -0.15) is 5.70 Å². The number of benzene rings is 1. The van der Waals surface area contributed by atoms with Gasteiger partial charge in [-0.3, -0.25) is 9.98 Å². The Kier molecular flexibility index (Phi) is 21.5. The second-order valence-corrected chi connectivity index (χ2v) is 35.3. The molecule has 2 rings (SSSR count). The SMILES string of the molecule is CC(/C=C(/C)[N-]c1c(C(C)C)cccc1C(C)C)=NCc1ccccn1.C[Si](C)(C)[N-][Si](C)(C)C.C[Si](C)(C)[N-][Si](C)(C)C.[Y+3]. The molecule has 2 aromatic rings. The zero-order chi connectivity index (χ0) is 34.5. The first kappa shape index (κ1) is 46.6. The smallest absolute Gasteiger partial charge is 0.668 e. The Morgan fingerprint density at radius 2 is 1.11 bits per heavy atom. The summed E-state index contributed by atoms with van der Waals surface area (Å²) in [5.74, 6) is 0.887. The monoisotopic (exact) mass is 757 g/mol. The third-order valence-corrected chi connectivity index (χ3v) is 16.3. The number of rotatable bonds is 11. The molecule has 0 atom stereocenters. The number of hydrogen-bond donors (Lipinski definition) is 0. The number of nitrogens with zero attached hydrogens (tertiary/aromatic N) is 5. The first-order valence-electron chi connectivity index (χ1n) is 16.2. The van der Waals surface area contributed by atoms with Crippen molar-refractivity contribution < 1.29 is 32.7 Å². The molecule has 0 saturated heterocycles. The molecular weight excluding hydrogens is 692 g/mol. The molecule has 10 heteroatoms. The van der Waals surface area contributed by atoms with Gasteiger partial charge in [-0.1, -0.05) is 188 Å². The second kappa shape index (κ2) is 20.8. The molecule has 1 aromatic carbocycles. The number of pyridine rings is 1. The minimum absolute atomic E-state index is 0. The van der Waals surface area contributed by atoms with E-state index in [1.807, 2.05) is 38.1 Å². The van der Waals surface area contributed by atoms with Crippen LogP contribution in [0.25, 0.3) is 14.6 Å². The van der Waals surface area contributed by atoms with Gasteiger partial charge in [-0.25, -0.2) is 0 Å². The molecule has 5 nitrogen and oxygen atoms in total. The van der Waals surface area contributed by atoms with Crippen LogP contribution in [-0.4, -0.2) is 43.6 Å². The Labute approximate surface area is 309 Å².